The molecule has 0 aliphatic rings. The van der Waals surface area contributed by atoms with E-state index >= 15 is 0 Å². The van der Waals surface area contributed by atoms with Gasteiger partial charge in [0.05, 0.1) is 20.1 Å². The second-order valence-electron chi connectivity index (χ2n) is 4.17. The van der Waals surface area contributed by atoms with E-state index in [9.17, 15) is 9.90 Å². The standard InChI is InChI=1S/C8H17NO3/c1-8(2,3)9(4,5)12-6-7(10)11/h6H2,1-5H3. The van der Waals surface area contributed by atoms with Gasteiger partial charge in [-0.3, -0.25) is 0 Å². The van der Waals surface area contributed by atoms with E-state index in [2.05, 4.69) is 0 Å². The SMILES string of the molecule is CC(C)(C)[N+](C)(C)OCC(=O)[O-]. The highest BCUT2D eigenvalue weighted by atomic mass is 16.7. The van der Waals surface area contributed by atoms with Crippen LogP contribution in [0.4, 0.5) is 0 Å². The highest BCUT2D eigenvalue weighted by molar-refractivity contribution is 5.65. The Hall–Kier alpha value is -0.610. The Morgan fingerprint density at radius 2 is 1.83 bits per heavy atom. The van der Waals surface area contributed by atoms with Crippen LogP contribution in [0, 0.1) is 0 Å². The van der Waals surface area contributed by atoms with Gasteiger partial charge in [0, 0.05) is 0 Å². The number of carboxylic acid groups (broad SMARTS) is 1. The molecule has 0 rings (SSSR count). The smallest absolute Gasteiger partial charge is 0.145 e. The molecule has 0 aromatic heterocycles. The van der Waals surface area contributed by atoms with Crippen LogP contribution in [-0.2, 0) is 9.63 Å². The lowest BCUT2D eigenvalue weighted by Crippen LogP contribution is -2.55. The molecule has 0 atom stereocenters. The maximum Gasteiger partial charge on any atom is 0.145 e. The van der Waals surface area contributed by atoms with Crippen molar-refractivity contribution in [1.29, 1.82) is 0 Å². The second kappa shape index (κ2) is 3.41. The third-order valence-electron chi connectivity index (χ3n) is 2.12. The predicted molar refractivity (Wildman–Crippen MR) is 42.8 cm³/mol. The van der Waals surface area contributed by atoms with Gasteiger partial charge in [-0.25, -0.2) is 0 Å². The number of hydroxylamine groups is 3. The highest BCUT2D eigenvalue weighted by Crippen LogP contribution is 2.18. The van der Waals surface area contributed by atoms with Gasteiger partial charge in [0.15, 0.2) is 0 Å². The van der Waals surface area contributed by atoms with E-state index in [4.69, 9.17) is 4.84 Å². The zero-order chi connectivity index (χ0) is 9.99. The lowest BCUT2D eigenvalue weighted by Gasteiger charge is -2.38. The number of rotatable bonds is 3. The van der Waals surface area contributed by atoms with Gasteiger partial charge in [-0.1, -0.05) is 0 Å². The quantitative estimate of drug-likeness (QED) is 0.431. The van der Waals surface area contributed by atoms with E-state index in [0.29, 0.717) is 0 Å². The maximum atomic E-state index is 10.1. The van der Waals surface area contributed by atoms with Crippen molar-refractivity contribution in [3.63, 3.8) is 0 Å². The molecular formula is C8H17NO3. The Kier molecular flexibility index (Phi) is 3.24. The minimum Gasteiger partial charge on any atom is -0.547 e. The zero-order valence-corrected chi connectivity index (χ0v) is 8.38. The fourth-order valence-electron chi connectivity index (χ4n) is 0.408. The summed E-state index contributed by atoms with van der Waals surface area (Å²) in [5.41, 5.74) is -0.143. The number of quaternary nitrogens is 1. The maximum absolute atomic E-state index is 10.1. The number of carbonyl (C=O) groups is 1. The molecule has 0 aliphatic carbocycles. The van der Waals surface area contributed by atoms with Crippen LogP contribution in [-0.4, -0.2) is 36.9 Å². The lowest BCUT2D eigenvalue weighted by molar-refractivity contribution is -1.11. The summed E-state index contributed by atoms with van der Waals surface area (Å²) in [7, 11) is 3.62. The summed E-state index contributed by atoms with van der Waals surface area (Å²) in [5, 5.41) is 10.1. The van der Waals surface area contributed by atoms with Crippen molar-refractivity contribution in [2.45, 2.75) is 26.3 Å². The van der Waals surface area contributed by atoms with Crippen LogP contribution in [0.1, 0.15) is 20.8 Å². The minimum atomic E-state index is -1.19. The molecule has 0 N–H and O–H groups in total. The number of nitrogens with zero attached hydrogens (tertiary/aromatic N) is 1. The monoisotopic (exact) mass is 175 g/mol. The molecule has 0 unspecified atom stereocenters. The van der Waals surface area contributed by atoms with Crippen LogP contribution in [0.15, 0.2) is 0 Å². The van der Waals surface area contributed by atoms with Gasteiger partial charge in [-0.2, -0.15) is 9.48 Å². The Bertz CT molecular complexity index is 170. The molecule has 0 heterocycles. The van der Waals surface area contributed by atoms with Gasteiger partial charge >= 0.3 is 0 Å². The van der Waals surface area contributed by atoms with Crippen LogP contribution in [0.3, 0.4) is 0 Å². The fraction of sp³-hybridized carbons (Fsp3) is 0.875. The third-order valence-corrected chi connectivity index (χ3v) is 2.12. The Morgan fingerprint density at radius 1 is 1.42 bits per heavy atom. The molecular weight excluding hydrogens is 158 g/mol. The van der Waals surface area contributed by atoms with Gasteiger partial charge in [0.2, 0.25) is 0 Å². The largest absolute Gasteiger partial charge is 0.547 e. The average Bonchev–Trinajstić information content (AvgIpc) is 1.81. The molecule has 0 radical (unpaired) electrons. The molecule has 0 bridgehead atoms. The van der Waals surface area contributed by atoms with Gasteiger partial charge in [0.1, 0.15) is 12.1 Å². The van der Waals surface area contributed by atoms with Crippen LogP contribution in [0.5, 0.6) is 0 Å². The summed E-state index contributed by atoms with van der Waals surface area (Å²) in [6.07, 6.45) is 0. The molecule has 72 valence electrons. The van der Waals surface area contributed by atoms with Crippen molar-refractivity contribution in [3.05, 3.63) is 0 Å². The molecule has 0 aromatic carbocycles. The molecule has 0 spiro atoms. The van der Waals surface area contributed by atoms with Crippen molar-refractivity contribution in [1.82, 2.24) is 0 Å². The van der Waals surface area contributed by atoms with E-state index in [1.165, 1.54) is 0 Å². The predicted octanol–water partition coefficient (Wildman–Crippen LogP) is -0.457. The molecule has 0 fully saturated rings. The molecule has 0 aromatic rings. The van der Waals surface area contributed by atoms with Crippen LogP contribution in [0.2, 0.25) is 0 Å². The Labute approximate surface area is 73.3 Å². The van der Waals surface area contributed by atoms with Gasteiger partial charge in [-0.05, 0) is 20.8 Å². The normalized spacial score (nSPS) is 13.1. The summed E-state index contributed by atoms with van der Waals surface area (Å²) in [5.74, 6) is -1.19. The minimum absolute atomic E-state index is 0.143. The number of carbonyl (C=O) groups excluding carboxylic acids is 1. The number of hydrogen-bond donors (Lipinski definition) is 0. The Balaban J connectivity index is 4.14. The van der Waals surface area contributed by atoms with E-state index in [0.717, 1.165) is 0 Å². The topological polar surface area (TPSA) is 49.4 Å². The van der Waals surface area contributed by atoms with Gasteiger partial charge in [-0.15, -0.1) is 0 Å². The fourth-order valence-corrected chi connectivity index (χ4v) is 0.408. The number of aliphatic carboxylic acids is 1. The molecule has 4 nitrogen and oxygen atoms in total. The van der Waals surface area contributed by atoms with Crippen LogP contribution >= 0.6 is 0 Å². The lowest BCUT2D eigenvalue weighted by atomic mass is 10.1. The summed E-state index contributed by atoms with van der Waals surface area (Å²) in [4.78, 5) is 15.3. The van der Waals surface area contributed by atoms with Crippen LogP contribution < -0.4 is 5.11 Å². The molecule has 0 amide bonds. The van der Waals surface area contributed by atoms with Gasteiger partial charge < -0.3 is 9.90 Å². The second-order valence-corrected chi connectivity index (χ2v) is 4.17. The van der Waals surface area contributed by atoms with Crippen molar-refractivity contribution in [3.8, 4) is 0 Å². The third kappa shape index (κ3) is 3.19. The summed E-state index contributed by atoms with van der Waals surface area (Å²) >= 11 is 0. The van der Waals surface area contributed by atoms with E-state index < -0.39 is 5.97 Å². The molecule has 4 heteroatoms. The first-order valence-corrected chi connectivity index (χ1v) is 3.85. The zero-order valence-electron chi connectivity index (χ0n) is 8.38. The number of carboxylic acids is 1. The first kappa shape index (κ1) is 11.4. The van der Waals surface area contributed by atoms with E-state index in [1.807, 2.05) is 34.9 Å². The van der Waals surface area contributed by atoms with Crippen molar-refractivity contribution in [2.75, 3.05) is 20.7 Å². The molecule has 0 aliphatic heterocycles. The van der Waals surface area contributed by atoms with Crippen molar-refractivity contribution < 1.29 is 19.4 Å². The first-order valence-electron chi connectivity index (χ1n) is 3.85. The summed E-state index contributed by atoms with van der Waals surface area (Å²) < 4.78 is 0.195. The van der Waals surface area contributed by atoms with Crippen molar-refractivity contribution >= 4 is 5.97 Å². The van der Waals surface area contributed by atoms with E-state index in [-0.39, 0.29) is 16.8 Å². The average molecular weight is 175 g/mol. The van der Waals surface area contributed by atoms with Crippen LogP contribution in [0.25, 0.3) is 0 Å². The van der Waals surface area contributed by atoms with E-state index in [1.54, 1.807) is 0 Å². The summed E-state index contributed by atoms with van der Waals surface area (Å²) in [6, 6.07) is 0. The van der Waals surface area contributed by atoms with Crippen molar-refractivity contribution in [2.24, 2.45) is 0 Å². The molecule has 12 heavy (non-hydrogen) atoms. The Morgan fingerprint density at radius 3 is 2.08 bits per heavy atom. The molecule has 0 saturated heterocycles. The molecule has 0 saturated carbocycles. The number of hydrogen-bond acceptors (Lipinski definition) is 3. The van der Waals surface area contributed by atoms with Gasteiger partial charge in [0.25, 0.3) is 0 Å². The first-order chi connectivity index (χ1) is 5.17. The summed E-state index contributed by atoms with van der Waals surface area (Å²) in [6.45, 7) is 5.55. The highest BCUT2D eigenvalue weighted by Gasteiger charge is 2.33.